The molecule has 1 N–H and O–H groups in total. The molecule has 2 nitrogen and oxygen atoms in total. The number of hydrogen-bond donors (Lipinski definition) is 1. The summed E-state index contributed by atoms with van der Waals surface area (Å²) < 4.78 is 0. The Labute approximate surface area is 113 Å². The third-order valence-electron chi connectivity index (χ3n) is 5.45. The summed E-state index contributed by atoms with van der Waals surface area (Å²) in [6.07, 6.45) is 13.1. The van der Waals surface area contributed by atoms with Gasteiger partial charge < -0.3 is 5.32 Å². The van der Waals surface area contributed by atoms with Crippen LogP contribution in [0.3, 0.4) is 0 Å². The second-order valence-electron chi connectivity index (χ2n) is 6.74. The highest BCUT2D eigenvalue weighted by molar-refractivity contribution is 4.92. The van der Waals surface area contributed by atoms with Crippen molar-refractivity contribution in [3.05, 3.63) is 0 Å². The molecule has 3 atom stereocenters. The van der Waals surface area contributed by atoms with Gasteiger partial charge in [-0.15, -0.1) is 0 Å². The van der Waals surface area contributed by atoms with Crippen LogP contribution in [0.15, 0.2) is 0 Å². The van der Waals surface area contributed by atoms with Crippen LogP contribution < -0.4 is 5.32 Å². The molecule has 2 heteroatoms. The summed E-state index contributed by atoms with van der Waals surface area (Å²) in [6, 6.07) is 2.60. The molecule has 3 rings (SSSR count). The van der Waals surface area contributed by atoms with Gasteiger partial charge in [-0.25, -0.2) is 0 Å². The molecule has 1 unspecified atom stereocenters. The summed E-state index contributed by atoms with van der Waals surface area (Å²) in [5, 5.41) is 3.76. The van der Waals surface area contributed by atoms with Crippen molar-refractivity contribution < 1.29 is 0 Å². The maximum atomic E-state index is 3.76. The van der Waals surface area contributed by atoms with Crippen LogP contribution in [0.25, 0.3) is 0 Å². The highest BCUT2D eigenvalue weighted by atomic mass is 15.2. The van der Waals surface area contributed by atoms with Gasteiger partial charge in [-0.3, -0.25) is 4.90 Å². The molecule has 0 aromatic carbocycles. The zero-order valence-electron chi connectivity index (χ0n) is 12.0. The lowest BCUT2D eigenvalue weighted by molar-refractivity contribution is 0.0242. The van der Waals surface area contributed by atoms with E-state index < -0.39 is 0 Å². The number of hydrogen-bond acceptors (Lipinski definition) is 2. The van der Waals surface area contributed by atoms with E-state index in [2.05, 4.69) is 17.1 Å². The van der Waals surface area contributed by atoms with Crippen molar-refractivity contribution in [1.29, 1.82) is 0 Å². The van der Waals surface area contributed by atoms with Gasteiger partial charge in [-0.05, 0) is 57.4 Å². The molecule has 104 valence electrons. The van der Waals surface area contributed by atoms with E-state index in [0.29, 0.717) is 0 Å². The fraction of sp³-hybridized carbons (Fsp3) is 1.00. The van der Waals surface area contributed by atoms with E-state index in [9.17, 15) is 0 Å². The highest BCUT2D eigenvalue weighted by Crippen LogP contribution is 2.36. The van der Waals surface area contributed by atoms with Crippen molar-refractivity contribution in [1.82, 2.24) is 10.2 Å². The second-order valence-corrected chi connectivity index (χ2v) is 6.74. The third-order valence-corrected chi connectivity index (χ3v) is 5.45. The summed E-state index contributed by atoms with van der Waals surface area (Å²) in [6.45, 7) is 4.99. The quantitative estimate of drug-likeness (QED) is 0.806. The van der Waals surface area contributed by atoms with E-state index in [1.165, 1.54) is 70.9 Å². The average Bonchev–Trinajstić information content (AvgIpc) is 3.24. The van der Waals surface area contributed by atoms with Crippen molar-refractivity contribution in [2.45, 2.75) is 82.8 Å². The van der Waals surface area contributed by atoms with Crippen LogP contribution in [0.1, 0.15) is 64.7 Å². The Morgan fingerprint density at radius 3 is 2.61 bits per heavy atom. The normalized spacial score (nSPS) is 35.2. The first kappa shape index (κ1) is 12.9. The molecule has 3 fully saturated rings. The van der Waals surface area contributed by atoms with E-state index in [-0.39, 0.29) is 0 Å². The standard InChI is InChI=1S/C16H30N2/c1-2-15(12-17-14-9-10-14)18-11-5-7-13-6-3-4-8-16(13)18/h13-17H,2-12H2,1H3/t13-,15?,16-/m1/s1. The van der Waals surface area contributed by atoms with Gasteiger partial charge in [0, 0.05) is 24.7 Å². The summed E-state index contributed by atoms with van der Waals surface area (Å²) in [4.78, 5) is 2.89. The predicted molar refractivity (Wildman–Crippen MR) is 76.8 cm³/mol. The fourth-order valence-corrected chi connectivity index (χ4v) is 4.20. The molecule has 0 spiro atoms. The number of fused-ring (bicyclic) bond motifs is 1. The van der Waals surface area contributed by atoms with E-state index >= 15 is 0 Å². The maximum Gasteiger partial charge on any atom is 0.0221 e. The minimum atomic E-state index is 0.802. The third kappa shape index (κ3) is 2.91. The monoisotopic (exact) mass is 250 g/mol. The number of likely N-dealkylation sites (tertiary alicyclic amines) is 1. The van der Waals surface area contributed by atoms with E-state index in [1.807, 2.05) is 0 Å². The molecule has 0 aromatic rings. The lowest BCUT2D eigenvalue weighted by atomic mass is 9.77. The van der Waals surface area contributed by atoms with Crippen LogP contribution in [0.5, 0.6) is 0 Å². The van der Waals surface area contributed by atoms with Crippen molar-refractivity contribution >= 4 is 0 Å². The summed E-state index contributed by atoms with van der Waals surface area (Å²) in [5.41, 5.74) is 0. The van der Waals surface area contributed by atoms with Gasteiger partial charge in [0.25, 0.3) is 0 Å². The zero-order valence-corrected chi connectivity index (χ0v) is 12.0. The summed E-state index contributed by atoms with van der Waals surface area (Å²) >= 11 is 0. The number of piperidine rings is 1. The van der Waals surface area contributed by atoms with Gasteiger partial charge in [0.1, 0.15) is 0 Å². The van der Waals surface area contributed by atoms with Crippen molar-refractivity contribution in [3.8, 4) is 0 Å². The molecule has 0 aromatic heterocycles. The van der Waals surface area contributed by atoms with Crippen LogP contribution in [0.4, 0.5) is 0 Å². The zero-order chi connectivity index (χ0) is 12.4. The van der Waals surface area contributed by atoms with Crippen LogP contribution in [-0.2, 0) is 0 Å². The van der Waals surface area contributed by atoms with Gasteiger partial charge >= 0.3 is 0 Å². The first-order chi connectivity index (χ1) is 8.88. The Morgan fingerprint density at radius 1 is 1.06 bits per heavy atom. The van der Waals surface area contributed by atoms with Gasteiger partial charge in [0.05, 0.1) is 0 Å². The van der Waals surface area contributed by atoms with Gasteiger partial charge in [-0.1, -0.05) is 19.8 Å². The maximum absolute atomic E-state index is 3.76. The molecule has 0 radical (unpaired) electrons. The molecule has 3 aliphatic rings. The first-order valence-corrected chi connectivity index (χ1v) is 8.37. The highest BCUT2D eigenvalue weighted by Gasteiger charge is 2.36. The summed E-state index contributed by atoms with van der Waals surface area (Å²) in [5.74, 6) is 1.03. The molecule has 0 amide bonds. The SMILES string of the molecule is CCC(CNC1CC1)N1CCC[C@H]2CCCC[C@H]21. The average molecular weight is 250 g/mol. The number of nitrogens with zero attached hydrogens (tertiary/aromatic N) is 1. The molecule has 1 aliphatic heterocycles. The van der Waals surface area contributed by atoms with Crippen LogP contribution in [0.2, 0.25) is 0 Å². The first-order valence-electron chi connectivity index (χ1n) is 8.37. The van der Waals surface area contributed by atoms with Crippen molar-refractivity contribution in [3.63, 3.8) is 0 Å². The van der Waals surface area contributed by atoms with Gasteiger partial charge in [0.2, 0.25) is 0 Å². The Morgan fingerprint density at radius 2 is 1.83 bits per heavy atom. The van der Waals surface area contributed by atoms with Crippen LogP contribution in [0, 0.1) is 5.92 Å². The Kier molecular flexibility index (Phi) is 4.25. The lowest BCUT2D eigenvalue weighted by Gasteiger charge is -2.47. The largest absolute Gasteiger partial charge is 0.312 e. The fourth-order valence-electron chi connectivity index (χ4n) is 4.20. The van der Waals surface area contributed by atoms with E-state index in [1.54, 1.807) is 0 Å². The molecule has 1 heterocycles. The Bertz CT molecular complexity index is 260. The minimum Gasteiger partial charge on any atom is -0.312 e. The predicted octanol–water partition coefficient (Wildman–Crippen LogP) is 3.17. The second kappa shape index (κ2) is 5.92. The molecule has 2 aliphatic carbocycles. The smallest absolute Gasteiger partial charge is 0.0221 e. The van der Waals surface area contributed by atoms with Crippen LogP contribution >= 0.6 is 0 Å². The number of rotatable bonds is 5. The minimum absolute atomic E-state index is 0.802. The molecule has 18 heavy (non-hydrogen) atoms. The molecular weight excluding hydrogens is 220 g/mol. The van der Waals surface area contributed by atoms with Crippen molar-refractivity contribution in [2.24, 2.45) is 5.92 Å². The van der Waals surface area contributed by atoms with Gasteiger partial charge in [-0.2, -0.15) is 0 Å². The van der Waals surface area contributed by atoms with Crippen molar-refractivity contribution in [2.75, 3.05) is 13.1 Å². The van der Waals surface area contributed by atoms with Crippen LogP contribution in [-0.4, -0.2) is 36.1 Å². The Balaban J connectivity index is 1.59. The molecule has 2 saturated carbocycles. The van der Waals surface area contributed by atoms with E-state index in [0.717, 1.165) is 24.0 Å². The van der Waals surface area contributed by atoms with Gasteiger partial charge in [0.15, 0.2) is 0 Å². The molecular formula is C16H30N2. The molecule has 0 bridgehead atoms. The Hall–Kier alpha value is -0.0800. The number of nitrogens with one attached hydrogen (secondary N) is 1. The topological polar surface area (TPSA) is 15.3 Å². The lowest BCUT2D eigenvalue weighted by Crippen LogP contribution is -2.54. The molecule has 1 saturated heterocycles. The summed E-state index contributed by atoms with van der Waals surface area (Å²) in [7, 11) is 0. The van der Waals surface area contributed by atoms with E-state index in [4.69, 9.17) is 0 Å².